The van der Waals surface area contributed by atoms with Crippen molar-refractivity contribution in [1.82, 2.24) is 15.6 Å². The molecule has 2 rings (SSSR count). The zero-order valence-corrected chi connectivity index (χ0v) is 18.2. The first-order chi connectivity index (χ1) is 12.1. The van der Waals surface area contributed by atoms with Gasteiger partial charge in [-0.15, -0.1) is 24.0 Å². The molecular weight excluding hydrogens is 441 g/mol. The third kappa shape index (κ3) is 7.07. The van der Waals surface area contributed by atoms with Crippen LogP contribution in [0.1, 0.15) is 18.2 Å². The molecule has 0 radical (unpaired) electrons. The second kappa shape index (κ2) is 11.6. The molecule has 0 fully saturated rings. The number of nitrogens with one attached hydrogen (secondary N) is 2. The molecule has 0 aliphatic carbocycles. The number of methoxy groups -OCH3 is 1. The number of hydrogen-bond donors (Lipinski definition) is 2. The van der Waals surface area contributed by atoms with Gasteiger partial charge in [-0.05, 0) is 36.8 Å². The van der Waals surface area contributed by atoms with Crippen LogP contribution in [0.2, 0.25) is 0 Å². The standard InChI is InChI=1S/C19H27N5O.HI/c1-5-20-19(21-13-15-9-11-17(25-4)12-10-15)22-14-16-7-6-8-18(23-16)24(2)3;/h6-12H,5,13-14H2,1-4H3,(H2,20,21,22);1H. The molecule has 0 aliphatic heterocycles. The lowest BCUT2D eigenvalue weighted by Gasteiger charge is -2.14. The highest BCUT2D eigenvalue weighted by molar-refractivity contribution is 14.0. The van der Waals surface area contributed by atoms with E-state index in [0.717, 1.165) is 35.3 Å². The summed E-state index contributed by atoms with van der Waals surface area (Å²) in [4.78, 5) is 11.2. The molecule has 0 spiro atoms. The number of aromatic nitrogens is 1. The molecule has 0 saturated carbocycles. The number of anilines is 1. The summed E-state index contributed by atoms with van der Waals surface area (Å²) >= 11 is 0. The Kier molecular flexibility index (Phi) is 9.79. The van der Waals surface area contributed by atoms with E-state index in [1.165, 1.54) is 0 Å². The van der Waals surface area contributed by atoms with Gasteiger partial charge in [0.1, 0.15) is 11.6 Å². The van der Waals surface area contributed by atoms with E-state index in [9.17, 15) is 0 Å². The van der Waals surface area contributed by atoms with Gasteiger partial charge in [0.25, 0.3) is 0 Å². The van der Waals surface area contributed by atoms with Gasteiger partial charge in [0.2, 0.25) is 0 Å². The van der Waals surface area contributed by atoms with Crippen LogP contribution in [0.4, 0.5) is 5.82 Å². The molecule has 2 aromatic rings. The van der Waals surface area contributed by atoms with Gasteiger partial charge in [0, 0.05) is 20.6 Å². The summed E-state index contributed by atoms with van der Waals surface area (Å²) in [6.07, 6.45) is 0. The minimum absolute atomic E-state index is 0. The summed E-state index contributed by atoms with van der Waals surface area (Å²) in [5.41, 5.74) is 2.10. The number of aliphatic imine (C=N–C) groups is 1. The number of nitrogens with zero attached hydrogens (tertiary/aromatic N) is 3. The first-order valence-electron chi connectivity index (χ1n) is 8.40. The molecule has 7 heteroatoms. The first-order valence-corrected chi connectivity index (χ1v) is 8.40. The van der Waals surface area contributed by atoms with Crippen molar-refractivity contribution in [3.05, 3.63) is 53.7 Å². The maximum atomic E-state index is 5.18. The molecule has 2 N–H and O–H groups in total. The molecule has 0 unspecified atom stereocenters. The van der Waals surface area contributed by atoms with Crippen molar-refractivity contribution in [2.24, 2.45) is 4.99 Å². The number of ether oxygens (including phenoxy) is 1. The van der Waals surface area contributed by atoms with Gasteiger partial charge in [0.15, 0.2) is 5.96 Å². The minimum atomic E-state index is 0. The monoisotopic (exact) mass is 469 g/mol. The van der Waals surface area contributed by atoms with Crippen LogP contribution in [0, 0.1) is 0 Å². The van der Waals surface area contributed by atoms with E-state index in [2.05, 4.69) is 27.5 Å². The summed E-state index contributed by atoms with van der Waals surface area (Å²) < 4.78 is 5.18. The molecule has 142 valence electrons. The van der Waals surface area contributed by atoms with Crippen molar-refractivity contribution in [3.8, 4) is 5.75 Å². The number of halogens is 1. The number of guanidine groups is 1. The average molecular weight is 469 g/mol. The third-order valence-corrected chi connectivity index (χ3v) is 3.61. The zero-order valence-electron chi connectivity index (χ0n) is 15.8. The summed E-state index contributed by atoms with van der Waals surface area (Å²) in [6, 6.07) is 14.0. The average Bonchev–Trinajstić information content (AvgIpc) is 2.64. The molecule has 1 aromatic heterocycles. The van der Waals surface area contributed by atoms with E-state index >= 15 is 0 Å². The fourth-order valence-corrected chi connectivity index (χ4v) is 2.23. The smallest absolute Gasteiger partial charge is 0.191 e. The lowest BCUT2D eigenvalue weighted by molar-refractivity contribution is 0.414. The van der Waals surface area contributed by atoms with Gasteiger partial charge in [-0.25, -0.2) is 9.98 Å². The predicted molar refractivity (Wildman–Crippen MR) is 119 cm³/mol. The molecule has 0 saturated heterocycles. The van der Waals surface area contributed by atoms with Gasteiger partial charge in [-0.1, -0.05) is 18.2 Å². The van der Waals surface area contributed by atoms with E-state index in [4.69, 9.17) is 4.74 Å². The molecule has 1 aromatic carbocycles. The lowest BCUT2D eigenvalue weighted by atomic mass is 10.2. The normalized spacial score (nSPS) is 10.7. The van der Waals surface area contributed by atoms with Gasteiger partial charge < -0.3 is 20.3 Å². The Labute approximate surface area is 173 Å². The minimum Gasteiger partial charge on any atom is -0.497 e. The Balaban J connectivity index is 0.00000338. The van der Waals surface area contributed by atoms with Crippen molar-refractivity contribution in [3.63, 3.8) is 0 Å². The third-order valence-electron chi connectivity index (χ3n) is 3.61. The Hall–Kier alpha value is -2.03. The summed E-state index contributed by atoms with van der Waals surface area (Å²) in [5, 5.41) is 6.59. The van der Waals surface area contributed by atoms with Crippen molar-refractivity contribution in [2.75, 3.05) is 32.6 Å². The van der Waals surface area contributed by atoms with Crippen LogP contribution in [0.15, 0.2) is 47.5 Å². The molecule has 6 nitrogen and oxygen atoms in total. The van der Waals surface area contributed by atoms with Crippen LogP contribution in [0.5, 0.6) is 5.75 Å². The molecule has 0 amide bonds. The van der Waals surface area contributed by atoms with E-state index < -0.39 is 0 Å². The van der Waals surface area contributed by atoms with E-state index in [-0.39, 0.29) is 24.0 Å². The van der Waals surface area contributed by atoms with Gasteiger partial charge >= 0.3 is 0 Å². The molecule has 0 aliphatic rings. The largest absolute Gasteiger partial charge is 0.497 e. The fourth-order valence-electron chi connectivity index (χ4n) is 2.23. The van der Waals surface area contributed by atoms with E-state index in [1.807, 2.05) is 61.5 Å². The number of rotatable bonds is 7. The van der Waals surface area contributed by atoms with Gasteiger partial charge in [0.05, 0.1) is 25.9 Å². The van der Waals surface area contributed by atoms with Crippen LogP contribution in [0.25, 0.3) is 0 Å². The highest BCUT2D eigenvalue weighted by Crippen LogP contribution is 2.12. The summed E-state index contributed by atoms with van der Waals surface area (Å²) in [7, 11) is 5.64. The van der Waals surface area contributed by atoms with Crippen molar-refractivity contribution in [1.29, 1.82) is 0 Å². The van der Waals surface area contributed by atoms with Gasteiger partial charge in [-0.2, -0.15) is 0 Å². The second-order valence-electron chi connectivity index (χ2n) is 5.78. The second-order valence-corrected chi connectivity index (χ2v) is 5.78. The van der Waals surface area contributed by atoms with Crippen molar-refractivity contribution >= 4 is 35.8 Å². The van der Waals surface area contributed by atoms with Gasteiger partial charge in [-0.3, -0.25) is 0 Å². The summed E-state index contributed by atoms with van der Waals surface area (Å²) in [6.45, 7) is 4.08. The zero-order chi connectivity index (χ0) is 18.1. The first kappa shape index (κ1) is 22.0. The Bertz CT molecular complexity index is 689. The Morgan fingerprint density at radius 2 is 1.85 bits per heavy atom. The Morgan fingerprint density at radius 3 is 2.46 bits per heavy atom. The van der Waals surface area contributed by atoms with Crippen molar-refractivity contribution < 1.29 is 4.74 Å². The topological polar surface area (TPSA) is 61.8 Å². The van der Waals surface area contributed by atoms with Crippen LogP contribution < -0.4 is 20.3 Å². The van der Waals surface area contributed by atoms with Crippen LogP contribution in [0.3, 0.4) is 0 Å². The fraction of sp³-hybridized carbons (Fsp3) is 0.368. The van der Waals surface area contributed by atoms with Crippen LogP contribution in [-0.4, -0.2) is 38.7 Å². The number of hydrogen-bond acceptors (Lipinski definition) is 4. The quantitative estimate of drug-likeness (QED) is 0.371. The maximum absolute atomic E-state index is 5.18. The molecule has 1 heterocycles. The SMILES string of the molecule is CCNC(=NCc1ccc(OC)cc1)NCc1cccc(N(C)C)n1.I. The lowest BCUT2D eigenvalue weighted by Crippen LogP contribution is -2.37. The van der Waals surface area contributed by atoms with Crippen LogP contribution in [-0.2, 0) is 13.1 Å². The van der Waals surface area contributed by atoms with E-state index in [1.54, 1.807) is 7.11 Å². The predicted octanol–water partition coefficient (Wildman–Crippen LogP) is 3.03. The highest BCUT2D eigenvalue weighted by atomic mass is 127. The Morgan fingerprint density at radius 1 is 1.12 bits per heavy atom. The highest BCUT2D eigenvalue weighted by Gasteiger charge is 2.02. The van der Waals surface area contributed by atoms with Crippen molar-refractivity contribution in [2.45, 2.75) is 20.0 Å². The molecule has 26 heavy (non-hydrogen) atoms. The molecule has 0 bridgehead atoms. The maximum Gasteiger partial charge on any atom is 0.191 e. The number of benzene rings is 1. The molecular formula is C19H28IN5O. The molecule has 0 atom stereocenters. The number of pyridine rings is 1. The van der Waals surface area contributed by atoms with E-state index in [0.29, 0.717) is 13.1 Å². The summed E-state index contributed by atoms with van der Waals surface area (Å²) in [5.74, 6) is 2.57. The van der Waals surface area contributed by atoms with Crippen LogP contribution >= 0.6 is 24.0 Å².